The molecule has 0 heterocycles. The van der Waals surface area contributed by atoms with Gasteiger partial charge in [0, 0.05) is 11.3 Å². The Hall–Kier alpha value is -0.700. The summed E-state index contributed by atoms with van der Waals surface area (Å²) < 4.78 is 0. The zero-order chi connectivity index (χ0) is 25.3. The van der Waals surface area contributed by atoms with Crippen molar-refractivity contribution in [3.05, 3.63) is 0 Å². The summed E-state index contributed by atoms with van der Waals surface area (Å²) in [6.45, 7) is 18.8. The molecule has 7 unspecified atom stereocenters. The van der Waals surface area contributed by atoms with Crippen LogP contribution in [-0.4, -0.2) is 23.3 Å². The van der Waals surface area contributed by atoms with Gasteiger partial charge in [-0.2, -0.15) is 0 Å². The van der Waals surface area contributed by atoms with E-state index in [1.54, 1.807) is 6.92 Å². The number of aldehydes is 1. The van der Waals surface area contributed by atoms with Crippen molar-refractivity contribution in [3.63, 3.8) is 0 Å². The Labute approximate surface area is 209 Å². The molecule has 0 saturated heterocycles. The number of hydrogen-bond donors (Lipinski definition) is 1. The van der Waals surface area contributed by atoms with Crippen LogP contribution in [0.15, 0.2) is 0 Å². The molecule has 0 aromatic heterocycles. The van der Waals surface area contributed by atoms with E-state index >= 15 is 0 Å². The quantitative estimate of drug-likeness (QED) is 0.431. The molecular formula is C31H52O3. The molecule has 0 amide bonds. The van der Waals surface area contributed by atoms with Crippen LogP contribution in [0.1, 0.15) is 120 Å². The highest BCUT2D eigenvalue weighted by molar-refractivity contribution is 5.80. The van der Waals surface area contributed by atoms with E-state index in [1.807, 2.05) is 0 Å². The second kappa shape index (κ2) is 8.42. The fourth-order valence-corrected chi connectivity index (χ4v) is 10.1. The summed E-state index contributed by atoms with van der Waals surface area (Å²) in [7, 11) is 0. The third-order valence-corrected chi connectivity index (χ3v) is 13.3. The van der Waals surface area contributed by atoms with Gasteiger partial charge in [-0.1, -0.05) is 48.5 Å². The highest BCUT2D eigenvalue weighted by Crippen LogP contribution is 2.69. The van der Waals surface area contributed by atoms with E-state index in [-0.39, 0.29) is 45.0 Å². The van der Waals surface area contributed by atoms with Crippen molar-refractivity contribution in [2.45, 2.75) is 126 Å². The van der Waals surface area contributed by atoms with Gasteiger partial charge in [0.05, 0.1) is 6.10 Å². The minimum absolute atomic E-state index is 0.0518. The average molecular weight is 473 g/mol. The van der Waals surface area contributed by atoms with Gasteiger partial charge in [0.15, 0.2) is 0 Å². The fourth-order valence-electron chi connectivity index (χ4n) is 10.1. The number of hydrogen-bond acceptors (Lipinski definition) is 3. The number of Topliss-reactive ketones (excluding diaryl/α,β-unsaturated/α-hetero) is 1. The van der Waals surface area contributed by atoms with Crippen LogP contribution >= 0.6 is 0 Å². The summed E-state index contributed by atoms with van der Waals surface area (Å²) in [4.78, 5) is 25.5. The van der Waals surface area contributed by atoms with Crippen molar-refractivity contribution < 1.29 is 14.7 Å². The first-order valence-electron chi connectivity index (χ1n) is 14.3. The molecule has 4 aliphatic rings. The van der Waals surface area contributed by atoms with E-state index in [0.29, 0.717) is 23.5 Å². The number of ketones is 1. The third kappa shape index (κ3) is 3.60. The van der Waals surface area contributed by atoms with Crippen molar-refractivity contribution in [1.29, 1.82) is 0 Å². The molecule has 4 aliphatic carbocycles. The van der Waals surface area contributed by atoms with Gasteiger partial charge in [-0.05, 0) is 116 Å². The van der Waals surface area contributed by atoms with Gasteiger partial charge in [-0.3, -0.25) is 4.79 Å². The van der Waals surface area contributed by atoms with Crippen LogP contribution in [0.4, 0.5) is 0 Å². The minimum atomic E-state index is -0.284. The molecule has 0 spiro atoms. The standard InChI is InChI=1S/C31H52O3/c1-20-9-10-23-26-22(21(2)33)11-16-31(26,19-32)18-17-30(23,8)27(3,4)14-12-24-28(5,6)25(34)13-15-29(20,24)7/h19-20,22-26,34H,9-18H2,1-8H3/t20?,22-,23?,24?,25?,26?,29?,30+,31?/m0/s1. The predicted molar refractivity (Wildman–Crippen MR) is 138 cm³/mol. The maximum absolute atomic E-state index is 12.8. The van der Waals surface area contributed by atoms with Crippen molar-refractivity contribution >= 4 is 12.1 Å². The second-order valence-corrected chi connectivity index (χ2v) is 15.0. The number of carbonyl (C=O) groups is 2. The second-order valence-electron chi connectivity index (χ2n) is 15.0. The lowest BCUT2D eigenvalue weighted by atomic mass is 9.42. The Morgan fingerprint density at radius 3 is 2.15 bits per heavy atom. The summed E-state index contributed by atoms with van der Waals surface area (Å²) >= 11 is 0. The monoisotopic (exact) mass is 472 g/mol. The van der Waals surface area contributed by atoms with Crippen molar-refractivity contribution in [1.82, 2.24) is 0 Å². The Morgan fingerprint density at radius 2 is 1.53 bits per heavy atom. The van der Waals surface area contributed by atoms with Crippen LogP contribution < -0.4 is 0 Å². The maximum Gasteiger partial charge on any atom is 0.133 e. The van der Waals surface area contributed by atoms with Crippen LogP contribution in [0, 0.1) is 56.7 Å². The Bertz CT molecular complexity index is 813. The van der Waals surface area contributed by atoms with E-state index < -0.39 is 0 Å². The SMILES string of the molecule is CC(=O)[C@@H]1CCC2(C=O)CC[C@]3(C)C(CCC(C)C4(C)CCC(O)C(C)(C)C4CCC3(C)C)C12. The van der Waals surface area contributed by atoms with E-state index in [2.05, 4.69) is 48.5 Å². The van der Waals surface area contributed by atoms with E-state index in [1.165, 1.54) is 6.29 Å². The molecule has 4 fully saturated rings. The average Bonchev–Trinajstić information content (AvgIpc) is 3.15. The molecule has 0 aromatic carbocycles. The number of rotatable bonds is 2. The summed E-state index contributed by atoms with van der Waals surface area (Å²) in [6, 6.07) is 0. The van der Waals surface area contributed by atoms with Crippen molar-refractivity contribution in [2.24, 2.45) is 56.7 Å². The van der Waals surface area contributed by atoms with Gasteiger partial charge >= 0.3 is 0 Å². The Morgan fingerprint density at radius 1 is 0.853 bits per heavy atom. The molecule has 1 N–H and O–H groups in total. The first-order valence-corrected chi connectivity index (χ1v) is 14.3. The molecule has 0 aliphatic heterocycles. The van der Waals surface area contributed by atoms with Crippen LogP contribution in [0.3, 0.4) is 0 Å². The molecule has 194 valence electrons. The Balaban J connectivity index is 1.78. The minimum Gasteiger partial charge on any atom is -0.393 e. The van der Waals surface area contributed by atoms with Gasteiger partial charge in [0.1, 0.15) is 12.1 Å². The predicted octanol–water partition coefficient (Wildman–Crippen LogP) is 7.24. The summed E-state index contributed by atoms with van der Waals surface area (Å²) in [5, 5.41) is 11.0. The van der Waals surface area contributed by atoms with Crippen LogP contribution in [0.25, 0.3) is 0 Å². The lowest BCUT2D eigenvalue weighted by Gasteiger charge is -2.62. The molecule has 4 rings (SSSR count). The van der Waals surface area contributed by atoms with E-state index in [4.69, 9.17) is 0 Å². The number of carbonyl (C=O) groups excluding carboxylic acids is 2. The van der Waals surface area contributed by atoms with Crippen molar-refractivity contribution in [3.8, 4) is 0 Å². The summed E-state index contributed by atoms with van der Waals surface area (Å²) in [5.74, 6) is 2.06. The number of aliphatic hydroxyl groups excluding tert-OH is 1. The topological polar surface area (TPSA) is 54.4 Å². The van der Waals surface area contributed by atoms with Crippen LogP contribution in [-0.2, 0) is 9.59 Å². The van der Waals surface area contributed by atoms with Crippen molar-refractivity contribution in [2.75, 3.05) is 0 Å². The molecule has 0 radical (unpaired) electrons. The lowest BCUT2D eigenvalue weighted by molar-refractivity contribution is -0.158. The highest BCUT2D eigenvalue weighted by atomic mass is 16.3. The van der Waals surface area contributed by atoms with Gasteiger partial charge in [-0.15, -0.1) is 0 Å². The van der Waals surface area contributed by atoms with Crippen LogP contribution in [0.5, 0.6) is 0 Å². The van der Waals surface area contributed by atoms with Gasteiger partial charge < -0.3 is 9.90 Å². The Kier molecular flexibility index (Phi) is 6.53. The molecule has 3 heteroatoms. The molecule has 0 bridgehead atoms. The van der Waals surface area contributed by atoms with Gasteiger partial charge in [0.25, 0.3) is 0 Å². The maximum atomic E-state index is 12.8. The van der Waals surface area contributed by atoms with Gasteiger partial charge in [0.2, 0.25) is 0 Å². The zero-order valence-corrected chi connectivity index (χ0v) is 23.4. The molecule has 0 aromatic rings. The van der Waals surface area contributed by atoms with E-state index in [0.717, 1.165) is 64.2 Å². The highest BCUT2D eigenvalue weighted by Gasteiger charge is 2.64. The smallest absolute Gasteiger partial charge is 0.133 e. The lowest BCUT2D eigenvalue weighted by Crippen LogP contribution is -2.57. The first-order chi connectivity index (χ1) is 15.7. The zero-order valence-electron chi connectivity index (χ0n) is 23.4. The molecule has 3 nitrogen and oxygen atoms in total. The van der Waals surface area contributed by atoms with Gasteiger partial charge in [-0.25, -0.2) is 0 Å². The van der Waals surface area contributed by atoms with E-state index in [9.17, 15) is 14.7 Å². The third-order valence-electron chi connectivity index (χ3n) is 13.3. The molecular weight excluding hydrogens is 420 g/mol. The molecule has 9 atom stereocenters. The summed E-state index contributed by atoms with van der Waals surface area (Å²) in [5.41, 5.74) is 0.108. The number of aliphatic hydroxyl groups is 1. The number of fused-ring (bicyclic) bond motifs is 4. The largest absolute Gasteiger partial charge is 0.393 e. The molecule has 4 saturated carbocycles. The van der Waals surface area contributed by atoms with Crippen LogP contribution in [0.2, 0.25) is 0 Å². The normalized spacial score (nSPS) is 50.4. The fraction of sp³-hybridized carbons (Fsp3) is 0.935. The molecule has 34 heavy (non-hydrogen) atoms. The first kappa shape index (κ1) is 26.4. The summed E-state index contributed by atoms with van der Waals surface area (Å²) in [6.07, 6.45) is 11.5.